The molecule has 4 bridgehead atoms. The van der Waals surface area contributed by atoms with Crippen LogP contribution in [0.15, 0.2) is 59.8 Å². The summed E-state index contributed by atoms with van der Waals surface area (Å²) >= 11 is 0. The predicted octanol–water partition coefficient (Wildman–Crippen LogP) is 3.41. The number of nitrogens with zero attached hydrogens (tertiary/aromatic N) is 5. The van der Waals surface area contributed by atoms with E-state index in [4.69, 9.17) is 0 Å². The van der Waals surface area contributed by atoms with Gasteiger partial charge in [-0.05, 0) is 75.4 Å². The van der Waals surface area contributed by atoms with Gasteiger partial charge in [-0.2, -0.15) is 13.7 Å². The van der Waals surface area contributed by atoms with Crippen LogP contribution in [0.2, 0.25) is 0 Å². The number of rotatable bonds is 1. The molecular weight excluding hydrogens is 490 g/mol. The Balaban J connectivity index is 1.62. The maximum absolute atomic E-state index is 13.3. The lowest BCUT2D eigenvalue weighted by Gasteiger charge is -2.33. The Morgan fingerprint density at radius 2 is 1.92 bits per heavy atom. The second kappa shape index (κ2) is 9.44. The average molecular weight is 518 g/mol. The second-order valence-corrected chi connectivity index (χ2v) is 11.6. The Labute approximate surface area is 215 Å². The number of hydrogen-bond donors (Lipinski definition) is 2. The molecule has 2 aliphatic rings. The molecule has 0 saturated carbocycles. The number of nitriles is 1. The Bertz CT molecular complexity index is 1490. The molecule has 0 aromatic carbocycles. The molecule has 37 heavy (non-hydrogen) atoms. The topological polar surface area (TPSA) is 141 Å². The zero-order valence-corrected chi connectivity index (χ0v) is 21.4. The van der Waals surface area contributed by atoms with Crippen LogP contribution in [0.3, 0.4) is 0 Å². The van der Waals surface area contributed by atoms with Crippen LogP contribution < -0.4 is 14.9 Å². The molecule has 2 N–H and O–H groups in total. The molecule has 3 aromatic heterocycles. The molecule has 0 spiro atoms. The van der Waals surface area contributed by atoms with Gasteiger partial charge in [-0.1, -0.05) is 12.1 Å². The molecule has 1 fully saturated rings. The fourth-order valence-electron chi connectivity index (χ4n) is 5.18. The summed E-state index contributed by atoms with van der Waals surface area (Å²) < 4.78 is 28.5. The number of amides is 1. The molecular formula is C26H27N7O3S. The molecule has 2 aliphatic heterocycles. The van der Waals surface area contributed by atoms with E-state index in [1.807, 2.05) is 29.2 Å². The number of fused-ring (bicyclic) bond motifs is 6. The van der Waals surface area contributed by atoms with E-state index < -0.39 is 15.9 Å². The van der Waals surface area contributed by atoms with Crippen LogP contribution in [0.5, 0.6) is 0 Å². The minimum Gasteiger partial charge on any atom is -0.362 e. The zero-order chi connectivity index (χ0) is 26.2. The van der Waals surface area contributed by atoms with Gasteiger partial charge in [0.15, 0.2) is 5.03 Å². The molecule has 1 amide bonds. The molecule has 5 rings (SSSR count). The molecule has 1 saturated heterocycles. The lowest BCUT2D eigenvalue weighted by molar-refractivity contribution is 0.0981. The minimum absolute atomic E-state index is 0.0896. The third-order valence-corrected chi connectivity index (χ3v) is 8.14. The number of carbonyl (C=O) groups is 1. The van der Waals surface area contributed by atoms with E-state index in [9.17, 15) is 18.5 Å². The molecule has 0 unspecified atom stereocenters. The second-order valence-electron chi connectivity index (χ2n) is 10.00. The van der Waals surface area contributed by atoms with E-state index in [1.165, 1.54) is 18.2 Å². The van der Waals surface area contributed by atoms with Gasteiger partial charge >= 0.3 is 0 Å². The van der Waals surface area contributed by atoms with Gasteiger partial charge in [0.05, 0.1) is 17.3 Å². The van der Waals surface area contributed by atoms with Crippen LogP contribution in [-0.2, 0) is 10.0 Å². The molecule has 0 aliphatic carbocycles. The molecule has 5 heterocycles. The third-order valence-electron chi connectivity index (χ3n) is 6.91. The average Bonchev–Trinajstić information content (AvgIpc) is 3.19. The van der Waals surface area contributed by atoms with Crippen molar-refractivity contribution in [3.05, 3.63) is 71.7 Å². The van der Waals surface area contributed by atoms with Gasteiger partial charge in [0.25, 0.3) is 15.9 Å². The number of aromatic nitrogens is 3. The van der Waals surface area contributed by atoms with Gasteiger partial charge < -0.3 is 10.2 Å². The first-order chi connectivity index (χ1) is 17.7. The van der Waals surface area contributed by atoms with Crippen molar-refractivity contribution in [1.29, 1.82) is 5.26 Å². The fourth-order valence-corrected chi connectivity index (χ4v) is 6.11. The molecule has 190 valence electrons. The highest BCUT2D eigenvalue weighted by molar-refractivity contribution is 7.90. The number of hydrogen-bond acceptors (Lipinski definition) is 9. The van der Waals surface area contributed by atoms with Gasteiger partial charge in [0.1, 0.15) is 23.4 Å². The summed E-state index contributed by atoms with van der Waals surface area (Å²) in [4.78, 5) is 28.6. The van der Waals surface area contributed by atoms with Crippen LogP contribution in [0, 0.1) is 17.2 Å². The first kappa shape index (κ1) is 24.6. The Morgan fingerprint density at radius 1 is 1.08 bits per heavy atom. The SMILES string of the molecule is CC1(C)C[C@@H]2CC[C@H](c3ccccn3)Nc3cccc(n3)S(=O)(=O)NC(=O)c3ccc(C#N)nc3N1C2. The first-order valence-electron chi connectivity index (χ1n) is 12.1. The Kier molecular flexibility index (Phi) is 6.29. The molecule has 11 heteroatoms. The van der Waals surface area contributed by atoms with Gasteiger partial charge in [0.2, 0.25) is 0 Å². The van der Waals surface area contributed by atoms with E-state index >= 15 is 0 Å². The smallest absolute Gasteiger partial charge is 0.281 e. The number of pyridine rings is 3. The van der Waals surface area contributed by atoms with E-state index in [1.54, 1.807) is 18.3 Å². The standard InChI is InChI=1S/C26H27N7O3S/c1-26(2)14-17-9-12-21(20-6-3-4-13-28-20)30-22-7-5-8-23(31-22)37(35,36)32-25(34)19-11-10-18(15-27)29-24(19)33(26)16-17/h3-8,10-11,13,17,21H,9,12,14,16H2,1-2H3,(H,30,31)(H,32,34)/t17-,21+/m0/s1. The summed E-state index contributed by atoms with van der Waals surface area (Å²) in [5.41, 5.74) is 0.707. The molecule has 3 aromatic rings. The van der Waals surface area contributed by atoms with Crippen molar-refractivity contribution < 1.29 is 13.2 Å². The summed E-state index contributed by atoms with van der Waals surface area (Å²) in [5.74, 6) is 0.123. The van der Waals surface area contributed by atoms with Crippen LogP contribution in [0.25, 0.3) is 0 Å². The quantitative estimate of drug-likeness (QED) is 0.497. The van der Waals surface area contributed by atoms with Crippen LogP contribution in [0.1, 0.15) is 60.9 Å². The predicted molar refractivity (Wildman–Crippen MR) is 137 cm³/mol. The van der Waals surface area contributed by atoms with E-state index in [0.29, 0.717) is 18.2 Å². The highest BCUT2D eigenvalue weighted by Gasteiger charge is 2.41. The zero-order valence-electron chi connectivity index (χ0n) is 20.5. The van der Waals surface area contributed by atoms with E-state index in [-0.39, 0.29) is 33.8 Å². The van der Waals surface area contributed by atoms with Crippen molar-refractivity contribution in [2.45, 2.75) is 49.7 Å². The number of anilines is 2. The monoisotopic (exact) mass is 517 g/mol. The van der Waals surface area contributed by atoms with E-state index in [0.717, 1.165) is 25.0 Å². The molecule has 10 nitrogen and oxygen atoms in total. The summed E-state index contributed by atoms with van der Waals surface area (Å²) in [6.07, 6.45) is 4.16. The van der Waals surface area contributed by atoms with Crippen molar-refractivity contribution >= 4 is 27.6 Å². The van der Waals surface area contributed by atoms with Crippen molar-refractivity contribution in [2.24, 2.45) is 5.92 Å². The van der Waals surface area contributed by atoms with Crippen molar-refractivity contribution in [2.75, 3.05) is 16.8 Å². The summed E-state index contributed by atoms with van der Waals surface area (Å²) in [6, 6.07) is 15.0. The normalized spacial score (nSPS) is 22.4. The fraction of sp³-hybridized carbons (Fsp3) is 0.346. The van der Waals surface area contributed by atoms with Gasteiger partial charge in [-0.15, -0.1) is 0 Å². The highest BCUT2D eigenvalue weighted by Crippen LogP contribution is 2.40. The Morgan fingerprint density at radius 3 is 2.68 bits per heavy atom. The molecule has 0 radical (unpaired) electrons. The lowest BCUT2D eigenvalue weighted by Crippen LogP contribution is -2.41. The van der Waals surface area contributed by atoms with Crippen LogP contribution >= 0.6 is 0 Å². The maximum atomic E-state index is 13.3. The van der Waals surface area contributed by atoms with Crippen LogP contribution in [-0.4, -0.2) is 41.4 Å². The Hall–Kier alpha value is -4.04. The molecule has 2 atom stereocenters. The summed E-state index contributed by atoms with van der Waals surface area (Å²) in [6.45, 7) is 4.75. The van der Waals surface area contributed by atoms with Crippen molar-refractivity contribution in [1.82, 2.24) is 19.7 Å². The summed E-state index contributed by atoms with van der Waals surface area (Å²) in [5, 5.41) is 12.5. The summed E-state index contributed by atoms with van der Waals surface area (Å²) in [7, 11) is -4.29. The lowest BCUT2D eigenvalue weighted by atomic mass is 9.91. The number of sulfonamides is 1. The highest BCUT2D eigenvalue weighted by atomic mass is 32.2. The van der Waals surface area contributed by atoms with Crippen molar-refractivity contribution in [3.63, 3.8) is 0 Å². The van der Waals surface area contributed by atoms with Crippen molar-refractivity contribution in [3.8, 4) is 6.07 Å². The van der Waals surface area contributed by atoms with Gasteiger partial charge in [-0.3, -0.25) is 9.78 Å². The van der Waals surface area contributed by atoms with Gasteiger partial charge in [-0.25, -0.2) is 14.7 Å². The van der Waals surface area contributed by atoms with E-state index in [2.05, 4.69) is 38.8 Å². The van der Waals surface area contributed by atoms with Crippen LogP contribution in [0.4, 0.5) is 11.6 Å². The number of nitrogens with one attached hydrogen (secondary N) is 2. The number of carbonyl (C=O) groups excluding carboxylic acids is 1. The minimum atomic E-state index is -4.29. The third kappa shape index (κ3) is 4.97. The maximum Gasteiger partial charge on any atom is 0.281 e. The largest absolute Gasteiger partial charge is 0.362 e. The first-order valence-corrected chi connectivity index (χ1v) is 13.5. The van der Waals surface area contributed by atoms with Gasteiger partial charge in [0, 0.05) is 18.3 Å².